The van der Waals surface area contributed by atoms with Gasteiger partial charge in [0.1, 0.15) is 6.33 Å². The number of aryl methyl sites for hydroxylation is 1. The van der Waals surface area contributed by atoms with Gasteiger partial charge in [0.15, 0.2) is 0 Å². The average molecular weight is 307 g/mol. The van der Waals surface area contributed by atoms with Crippen molar-refractivity contribution in [1.82, 2.24) is 19.3 Å². The predicted molar refractivity (Wildman–Crippen MR) is 87.3 cm³/mol. The van der Waals surface area contributed by atoms with E-state index in [4.69, 9.17) is 0 Å². The number of amides is 1. The van der Waals surface area contributed by atoms with Crippen LogP contribution in [-0.4, -0.2) is 25.4 Å². The molecule has 2 heterocycles. The van der Waals surface area contributed by atoms with E-state index in [9.17, 15) is 4.79 Å². The van der Waals surface area contributed by atoms with Crippen molar-refractivity contribution < 1.29 is 4.79 Å². The molecule has 116 valence electrons. The highest BCUT2D eigenvalue weighted by Gasteiger charge is 2.27. The van der Waals surface area contributed by atoms with Crippen molar-refractivity contribution in [3.8, 4) is 11.3 Å². The standard InChI is InChI=1S/C17H17N5O/c1-21-8-6-16(20-21)15-10-13(4-5-14(15)12-2-3-12)19-17(23)22-9-7-18-11-22/h4-12H,2-3H2,1H3,(H,19,23). The summed E-state index contributed by atoms with van der Waals surface area (Å²) in [4.78, 5) is 16.0. The minimum absolute atomic E-state index is 0.228. The highest BCUT2D eigenvalue weighted by Crippen LogP contribution is 2.44. The largest absolute Gasteiger partial charge is 0.331 e. The molecule has 0 atom stereocenters. The van der Waals surface area contributed by atoms with Gasteiger partial charge >= 0.3 is 6.03 Å². The first-order valence-electron chi connectivity index (χ1n) is 7.64. The lowest BCUT2D eigenvalue weighted by Crippen LogP contribution is -2.17. The Balaban J connectivity index is 1.67. The van der Waals surface area contributed by atoms with Crippen LogP contribution in [0.2, 0.25) is 0 Å². The summed E-state index contributed by atoms with van der Waals surface area (Å²) < 4.78 is 3.21. The number of carbonyl (C=O) groups excluding carboxylic acids is 1. The third-order valence-electron chi connectivity index (χ3n) is 4.05. The summed E-state index contributed by atoms with van der Waals surface area (Å²) in [5, 5.41) is 7.41. The monoisotopic (exact) mass is 307 g/mol. The molecule has 6 heteroatoms. The smallest absolute Gasteiger partial charge is 0.307 e. The van der Waals surface area contributed by atoms with E-state index in [1.807, 2.05) is 31.4 Å². The van der Waals surface area contributed by atoms with Gasteiger partial charge in [-0.25, -0.2) is 9.78 Å². The van der Waals surface area contributed by atoms with E-state index in [0.29, 0.717) is 5.92 Å². The minimum atomic E-state index is -0.228. The van der Waals surface area contributed by atoms with Crippen LogP contribution in [0.5, 0.6) is 0 Å². The van der Waals surface area contributed by atoms with E-state index in [0.717, 1.165) is 16.9 Å². The first-order valence-corrected chi connectivity index (χ1v) is 7.64. The molecule has 0 bridgehead atoms. The normalized spacial score (nSPS) is 14.0. The summed E-state index contributed by atoms with van der Waals surface area (Å²) in [5.74, 6) is 0.616. The molecule has 3 aromatic rings. The van der Waals surface area contributed by atoms with Gasteiger partial charge in [-0.3, -0.25) is 9.25 Å². The number of carbonyl (C=O) groups is 1. The fourth-order valence-electron chi connectivity index (χ4n) is 2.73. The van der Waals surface area contributed by atoms with Crippen molar-refractivity contribution >= 4 is 11.7 Å². The molecule has 4 rings (SSSR count). The third kappa shape index (κ3) is 2.75. The lowest BCUT2D eigenvalue weighted by Gasteiger charge is -2.11. The van der Waals surface area contributed by atoms with Crippen molar-refractivity contribution in [3.63, 3.8) is 0 Å². The number of rotatable bonds is 3. The number of anilines is 1. The second-order valence-electron chi connectivity index (χ2n) is 5.85. The predicted octanol–water partition coefficient (Wildman–Crippen LogP) is 3.24. The first-order chi connectivity index (χ1) is 11.2. The zero-order chi connectivity index (χ0) is 15.8. The maximum absolute atomic E-state index is 12.2. The zero-order valence-electron chi connectivity index (χ0n) is 12.8. The SMILES string of the molecule is Cn1ccc(-c2cc(NC(=O)n3ccnc3)ccc2C2CC2)n1. The summed E-state index contributed by atoms with van der Waals surface area (Å²) in [5.41, 5.74) is 4.10. The quantitative estimate of drug-likeness (QED) is 0.808. The lowest BCUT2D eigenvalue weighted by molar-refractivity contribution is 0.253. The molecule has 1 aliphatic rings. The Bertz CT molecular complexity index is 846. The van der Waals surface area contributed by atoms with Crippen LogP contribution in [0.25, 0.3) is 11.3 Å². The summed E-state index contributed by atoms with van der Waals surface area (Å²) in [6.45, 7) is 0. The van der Waals surface area contributed by atoms with Crippen LogP contribution in [0.1, 0.15) is 24.3 Å². The Morgan fingerprint density at radius 2 is 2.13 bits per heavy atom. The van der Waals surface area contributed by atoms with Crippen LogP contribution in [0.4, 0.5) is 10.5 Å². The molecule has 1 fully saturated rings. The number of nitrogens with zero attached hydrogens (tertiary/aromatic N) is 4. The van der Waals surface area contributed by atoms with Gasteiger partial charge in [-0.05, 0) is 42.5 Å². The number of aromatic nitrogens is 4. The Hall–Kier alpha value is -2.89. The van der Waals surface area contributed by atoms with E-state index in [-0.39, 0.29) is 6.03 Å². The minimum Gasteiger partial charge on any atom is -0.307 e. The second-order valence-corrected chi connectivity index (χ2v) is 5.85. The van der Waals surface area contributed by atoms with E-state index in [1.165, 1.54) is 29.3 Å². The summed E-state index contributed by atoms with van der Waals surface area (Å²) in [7, 11) is 1.91. The van der Waals surface area contributed by atoms with Crippen molar-refractivity contribution in [1.29, 1.82) is 0 Å². The topological polar surface area (TPSA) is 64.7 Å². The second kappa shape index (κ2) is 5.39. The molecule has 1 amide bonds. The Morgan fingerprint density at radius 1 is 1.26 bits per heavy atom. The molecular formula is C17H17N5O. The molecule has 1 saturated carbocycles. The van der Waals surface area contributed by atoms with E-state index >= 15 is 0 Å². The number of hydrogen-bond donors (Lipinski definition) is 1. The molecule has 0 radical (unpaired) electrons. The highest BCUT2D eigenvalue weighted by molar-refractivity contribution is 5.91. The zero-order valence-corrected chi connectivity index (χ0v) is 12.8. The van der Waals surface area contributed by atoms with Crippen LogP contribution in [0.15, 0.2) is 49.2 Å². The maximum Gasteiger partial charge on any atom is 0.331 e. The molecule has 0 aliphatic heterocycles. The van der Waals surface area contributed by atoms with Crippen molar-refractivity contribution in [2.75, 3.05) is 5.32 Å². The number of hydrogen-bond acceptors (Lipinski definition) is 3. The molecule has 0 unspecified atom stereocenters. The van der Waals surface area contributed by atoms with Crippen LogP contribution < -0.4 is 5.32 Å². The fraction of sp³-hybridized carbons (Fsp3) is 0.235. The van der Waals surface area contributed by atoms with Crippen molar-refractivity contribution in [2.45, 2.75) is 18.8 Å². The Kier molecular flexibility index (Phi) is 3.22. The fourth-order valence-corrected chi connectivity index (χ4v) is 2.73. The van der Waals surface area contributed by atoms with Gasteiger partial charge in [0.05, 0.1) is 5.69 Å². The van der Waals surface area contributed by atoms with E-state index in [2.05, 4.69) is 21.5 Å². The number of benzene rings is 1. The number of nitrogens with one attached hydrogen (secondary N) is 1. The van der Waals surface area contributed by atoms with Crippen LogP contribution in [0, 0.1) is 0 Å². The molecular weight excluding hydrogens is 290 g/mol. The van der Waals surface area contributed by atoms with Crippen LogP contribution in [-0.2, 0) is 7.05 Å². The third-order valence-corrected chi connectivity index (χ3v) is 4.05. The molecule has 1 aromatic carbocycles. The van der Waals surface area contributed by atoms with Gasteiger partial charge in [0.2, 0.25) is 0 Å². The molecule has 23 heavy (non-hydrogen) atoms. The highest BCUT2D eigenvalue weighted by atomic mass is 16.2. The van der Waals surface area contributed by atoms with Gasteiger partial charge < -0.3 is 5.32 Å². The average Bonchev–Trinajstić information content (AvgIpc) is 3.06. The van der Waals surface area contributed by atoms with E-state index < -0.39 is 0 Å². The molecule has 0 spiro atoms. The Morgan fingerprint density at radius 3 is 2.78 bits per heavy atom. The molecule has 2 aromatic heterocycles. The molecule has 1 N–H and O–H groups in total. The lowest BCUT2D eigenvalue weighted by atomic mass is 10.00. The van der Waals surface area contributed by atoms with Gasteiger partial charge in [0, 0.05) is 36.9 Å². The van der Waals surface area contributed by atoms with Gasteiger partial charge in [-0.2, -0.15) is 5.10 Å². The first kappa shape index (κ1) is 13.8. The molecule has 1 aliphatic carbocycles. The summed E-state index contributed by atoms with van der Waals surface area (Å²) >= 11 is 0. The Labute approximate surface area is 133 Å². The van der Waals surface area contributed by atoms with Gasteiger partial charge in [0.25, 0.3) is 0 Å². The van der Waals surface area contributed by atoms with E-state index in [1.54, 1.807) is 17.1 Å². The van der Waals surface area contributed by atoms with Gasteiger partial charge in [-0.15, -0.1) is 0 Å². The number of imidazole rings is 1. The van der Waals surface area contributed by atoms with Gasteiger partial charge in [-0.1, -0.05) is 6.07 Å². The molecule has 0 saturated heterocycles. The molecule has 6 nitrogen and oxygen atoms in total. The van der Waals surface area contributed by atoms with Crippen molar-refractivity contribution in [3.05, 3.63) is 54.7 Å². The maximum atomic E-state index is 12.2. The van der Waals surface area contributed by atoms with Crippen LogP contribution in [0.3, 0.4) is 0 Å². The summed E-state index contributed by atoms with van der Waals surface area (Å²) in [6, 6.07) is 7.84. The van der Waals surface area contributed by atoms with Crippen LogP contribution >= 0.6 is 0 Å². The van der Waals surface area contributed by atoms with Crippen molar-refractivity contribution in [2.24, 2.45) is 7.05 Å². The summed E-state index contributed by atoms with van der Waals surface area (Å²) in [6.07, 6.45) is 9.06.